The summed E-state index contributed by atoms with van der Waals surface area (Å²) in [6.07, 6.45) is 0. The Hall–Kier alpha value is 1.38. The molecule has 1 aromatic rings. The first-order chi connectivity index (χ1) is 4.61. The van der Waals surface area contributed by atoms with E-state index in [4.69, 9.17) is 0 Å². The number of benzene rings is 1. The first-order valence-corrected chi connectivity index (χ1v) is 13.2. The van der Waals surface area contributed by atoms with E-state index in [1.807, 2.05) is 6.07 Å². The van der Waals surface area contributed by atoms with E-state index >= 15 is 0 Å². The average molecular weight is 439 g/mol. The summed E-state index contributed by atoms with van der Waals surface area (Å²) in [4.78, 5) is 0. The van der Waals surface area contributed by atoms with Crippen molar-refractivity contribution in [2.75, 3.05) is 0 Å². The summed E-state index contributed by atoms with van der Waals surface area (Å²) in [7, 11) is 0. The summed E-state index contributed by atoms with van der Waals surface area (Å²) in [5.41, 5.74) is 0. The molecule has 0 atom stereocenters. The molecule has 0 bridgehead atoms. The van der Waals surface area contributed by atoms with E-state index in [0.29, 0.717) is 0 Å². The second kappa shape index (κ2) is 3.86. The van der Waals surface area contributed by atoms with Gasteiger partial charge in [0.05, 0.1) is 0 Å². The van der Waals surface area contributed by atoms with Crippen molar-refractivity contribution in [3.63, 3.8) is 0 Å². The molecule has 0 amide bonds. The van der Waals surface area contributed by atoms with E-state index in [9.17, 15) is 0 Å². The van der Waals surface area contributed by atoms with Crippen molar-refractivity contribution >= 4 is 65.8 Å². The Balaban J connectivity index is 2.97. The lowest BCUT2D eigenvalue weighted by Gasteiger charge is -2.07. The topological polar surface area (TPSA) is 0 Å². The lowest BCUT2D eigenvalue weighted by molar-refractivity contribution is 1.77. The molecule has 0 radical (unpaired) electrons. The Morgan fingerprint density at radius 2 is 1.60 bits per heavy atom. The summed E-state index contributed by atoms with van der Waals surface area (Å²) in [6, 6.07) is 10.5. The highest BCUT2D eigenvalue weighted by atomic mass is 127. The molecule has 4 heteroatoms. The van der Waals surface area contributed by atoms with Crippen LogP contribution in [0.4, 0.5) is 0 Å². The van der Waals surface area contributed by atoms with Crippen molar-refractivity contribution in [1.29, 1.82) is 0 Å². The monoisotopic (exact) mass is 438 g/mol. The number of rotatable bonds is 1. The van der Waals surface area contributed by atoms with Crippen LogP contribution in [0.15, 0.2) is 30.3 Å². The van der Waals surface area contributed by atoms with Crippen LogP contribution in [-0.4, -0.2) is 1.69 Å². The summed E-state index contributed by atoms with van der Waals surface area (Å²) in [5, 5.41) is 1.43. The molecule has 0 unspecified atom stereocenters. The zero-order chi connectivity index (χ0) is 7.61. The summed E-state index contributed by atoms with van der Waals surface area (Å²) in [6.45, 7) is 0. The van der Waals surface area contributed by atoms with Gasteiger partial charge in [0.15, 0.2) is 0 Å². The lowest BCUT2D eigenvalue weighted by Crippen LogP contribution is -2.26. The van der Waals surface area contributed by atoms with Gasteiger partial charge in [-0.05, 0) is 5.19 Å². The molecule has 0 heterocycles. The van der Waals surface area contributed by atoms with Gasteiger partial charge in [-0.1, -0.05) is 89.2 Å². The van der Waals surface area contributed by atoms with Gasteiger partial charge in [0.1, 0.15) is 0 Å². The minimum Gasteiger partial charge on any atom is -0.0930 e. The van der Waals surface area contributed by atoms with Gasteiger partial charge < -0.3 is 0 Å². The second-order valence-corrected chi connectivity index (χ2v) is 31.8. The van der Waals surface area contributed by atoms with Gasteiger partial charge in [0.25, 0.3) is 1.69 Å². The van der Waals surface area contributed by atoms with Crippen LogP contribution in [0.1, 0.15) is 0 Å². The quantitative estimate of drug-likeness (QED) is 0.359. The van der Waals surface area contributed by atoms with Crippen molar-refractivity contribution in [2.24, 2.45) is 0 Å². The molecule has 54 valence electrons. The van der Waals surface area contributed by atoms with Crippen LogP contribution in [-0.2, 0) is 0 Å². The van der Waals surface area contributed by atoms with Gasteiger partial charge in [0.2, 0.25) is 0 Å². The minimum absolute atomic E-state index is 1.28. The van der Waals surface area contributed by atoms with Crippen molar-refractivity contribution in [2.45, 2.75) is 0 Å². The Morgan fingerprint density at radius 3 is 1.90 bits per heavy atom. The van der Waals surface area contributed by atoms with Gasteiger partial charge in [-0.3, -0.25) is 0 Å². The standard InChI is InChI=1S/C6H5BrI2Si/c7-10(8,9)6-4-2-1-3-5-6/h1-5H. The first-order valence-electron chi connectivity index (χ1n) is 2.73. The highest BCUT2D eigenvalue weighted by molar-refractivity contribution is 14.3. The van der Waals surface area contributed by atoms with E-state index < -0.39 is 1.69 Å². The number of hydrogen-bond donors (Lipinski definition) is 0. The van der Waals surface area contributed by atoms with Gasteiger partial charge in [-0.15, -0.1) is 0 Å². The molecule has 1 aromatic carbocycles. The summed E-state index contributed by atoms with van der Waals surface area (Å²) >= 11 is 8.67. The Kier molecular flexibility index (Phi) is 3.65. The SMILES string of the molecule is Br[Si](I)(I)c1ccccc1. The molecule has 0 aromatic heterocycles. The highest BCUT2D eigenvalue weighted by Gasteiger charge is 2.23. The molecule has 0 aliphatic carbocycles. The first kappa shape index (κ1) is 9.46. The van der Waals surface area contributed by atoms with Gasteiger partial charge >= 0.3 is 0 Å². The maximum Gasteiger partial charge on any atom is 0.288 e. The molecule has 0 saturated carbocycles. The largest absolute Gasteiger partial charge is 0.288 e. The molecule has 10 heavy (non-hydrogen) atoms. The lowest BCUT2D eigenvalue weighted by atomic mass is 10.4. The fourth-order valence-corrected chi connectivity index (χ4v) is 4.15. The van der Waals surface area contributed by atoms with Crippen molar-refractivity contribution in [1.82, 2.24) is 0 Å². The summed E-state index contributed by atoms with van der Waals surface area (Å²) in [5.74, 6) is 0. The van der Waals surface area contributed by atoms with E-state index in [-0.39, 0.29) is 0 Å². The van der Waals surface area contributed by atoms with Crippen LogP contribution < -0.4 is 5.19 Å². The Bertz CT molecular complexity index is 207. The molecule has 0 N–H and O–H groups in total. The molecular weight excluding hydrogens is 434 g/mol. The molecule has 1 rings (SSSR count). The van der Waals surface area contributed by atoms with Gasteiger partial charge in [0, 0.05) is 0 Å². The van der Waals surface area contributed by atoms with Crippen molar-refractivity contribution < 1.29 is 0 Å². The van der Waals surface area contributed by atoms with E-state index in [1.165, 1.54) is 5.19 Å². The Labute approximate surface area is 94.8 Å². The van der Waals surface area contributed by atoms with E-state index in [1.54, 1.807) is 0 Å². The van der Waals surface area contributed by atoms with Crippen LogP contribution in [0, 0.1) is 0 Å². The van der Waals surface area contributed by atoms with E-state index in [2.05, 4.69) is 83.2 Å². The maximum absolute atomic E-state index is 3.70. The number of halogens is 3. The van der Waals surface area contributed by atoms with Crippen LogP contribution in [0.25, 0.3) is 0 Å². The summed E-state index contributed by atoms with van der Waals surface area (Å²) < 4.78 is -1.28. The Morgan fingerprint density at radius 1 is 1.10 bits per heavy atom. The van der Waals surface area contributed by atoms with Crippen LogP contribution >= 0.6 is 58.9 Å². The van der Waals surface area contributed by atoms with Gasteiger partial charge in [-0.25, -0.2) is 0 Å². The maximum atomic E-state index is 3.70. The number of hydrogen-bond acceptors (Lipinski definition) is 0. The third-order valence-electron chi connectivity index (χ3n) is 1.10. The second-order valence-electron chi connectivity index (χ2n) is 1.86. The zero-order valence-electron chi connectivity index (χ0n) is 5.02. The normalized spacial score (nSPS) is 11.5. The fraction of sp³-hybridized carbons (Fsp3) is 0. The van der Waals surface area contributed by atoms with Crippen molar-refractivity contribution in [3.05, 3.63) is 30.3 Å². The predicted octanol–water partition coefficient (Wildman–Crippen LogP) is 3.10. The molecule has 0 saturated heterocycles. The molecule has 0 aliphatic rings. The van der Waals surface area contributed by atoms with Crippen molar-refractivity contribution in [3.8, 4) is 0 Å². The average Bonchev–Trinajstić information content (AvgIpc) is 1.88. The molecule has 0 fully saturated rings. The van der Waals surface area contributed by atoms with Crippen LogP contribution in [0.5, 0.6) is 0 Å². The highest BCUT2D eigenvalue weighted by Crippen LogP contribution is 2.27. The fourth-order valence-electron chi connectivity index (χ4n) is 0.627. The predicted molar refractivity (Wildman–Crippen MR) is 68.8 cm³/mol. The zero-order valence-corrected chi connectivity index (χ0v) is 11.9. The van der Waals surface area contributed by atoms with Crippen LogP contribution in [0.2, 0.25) is 0 Å². The van der Waals surface area contributed by atoms with E-state index in [0.717, 1.165) is 0 Å². The molecular formula is C6H5BrI2Si. The third kappa shape index (κ3) is 2.78. The molecule has 0 spiro atoms. The van der Waals surface area contributed by atoms with Gasteiger partial charge in [-0.2, -0.15) is 0 Å². The minimum atomic E-state index is -1.28. The van der Waals surface area contributed by atoms with Crippen LogP contribution in [0.3, 0.4) is 0 Å². The smallest absolute Gasteiger partial charge is 0.0930 e. The molecule has 0 nitrogen and oxygen atoms in total. The molecule has 0 aliphatic heterocycles. The third-order valence-corrected chi connectivity index (χ3v) is 7.20.